The van der Waals surface area contributed by atoms with Crippen LogP contribution in [0.4, 0.5) is 0 Å². The van der Waals surface area contributed by atoms with Crippen molar-refractivity contribution in [1.82, 2.24) is 29.9 Å². The van der Waals surface area contributed by atoms with Gasteiger partial charge in [0.25, 0.3) is 35.8 Å². The third kappa shape index (κ3) is 86.8. The number of unbranched alkanes of at least 4 members (excludes halogenated alkanes) is 20. The van der Waals surface area contributed by atoms with Crippen molar-refractivity contribution in [2.24, 2.45) is 0 Å². The van der Waals surface area contributed by atoms with Gasteiger partial charge in [-0.25, -0.2) is 28.8 Å². The van der Waals surface area contributed by atoms with Crippen molar-refractivity contribution in [2.45, 2.75) is 250 Å². The van der Waals surface area contributed by atoms with Gasteiger partial charge in [-0.2, -0.15) is 0 Å². The molecule has 125 heavy (non-hydrogen) atoms. The first-order valence-electron chi connectivity index (χ1n) is 40.0. The fourth-order valence-corrected chi connectivity index (χ4v) is 9.20. The topological polar surface area (TPSA) is 459 Å². The standard InChI is InChI=1S/C28H40N2O4.C24H32N2O4.C22H28N2O4.6C2H4O2.6ClH.3Pt/c1-3-5-7-9-11-13-19-33-27(31)23-15-17-29-25(21-23)26-22-24(16-18-30-26)28(32)34-20-14-12-10-8-6-4-2;1-3-5-7-9-15-29-23(27)19-11-13-25-21(17-19)22-18-20(12-14-26-22)24(28)30-16-10-8-6-4-2;1-3-5-7-13-27-21(25)17-9-11-23-19(15-17)20-16-18(10-12-24-20)22(26)28-14-8-6-4-2;6*1-2(3)4;;;;;;;;;/h15-18,21-22H,3-14,19-20H2,1-2H3;11-14,17-18H,3-10,15-16H2,1-2H3;9-12,15-16H,3-8,13-14H2,1-2H3;6*1H3,(H,3,4);6*1H;;;/q;;;;;;;;;;;;;;;3*+2/p-6. The predicted octanol–water partition coefficient (Wildman–Crippen LogP) is 22.3. The summed E-state index contributed by atoms with van der Waals surface area (Å²) < 4.78 is 32.1. The monoisotopic (exact) mass is 2420 g/mol. The Kier molecular flexibility index (Phi) is 94.8. The van der Waals surface area contributed by atoms with E-state index in [1.807, 2.05) is 0 Å². The fraction of sp³-hybridized carbons (Fsp3) is 0.512. The third-order valence-corrected chi connectivity index (χ3v) is 14.6. The Morgan fingerprint density at radius 1 is 0.232 bits per heavy atom. The van der Waals surface area contributed by atoms with Crippen LogP contribution in [-0.4, -0.2) is 172 Å². The van der Waals surface area contributed by atoms with Crippen LogP contribution in [0.5, 0.6) is 0 Å². The van der Waals surface area contributed by atoms with Crippen LogP contribution in [0.1, 0.15) is 312 Å². The first-order chi connectivity index (χ1) is 59.6. The van der Waals surface area contributed by atoms with Crippen molar-refractivity contribution in [3.05, 3.63) is 143 Å². The summed E-state index contributed by atoms with van der Waals surface area (Å²) in [5.41, 5.74) is 5.56. The van der Waals surface area contributed by atoms with Gasteiger partial charge in [0, 0.05) is 78.7 Å². The Labute approximate surface area is 784 Å². The maximum absolute atomic E-state index is 12.4. The van der Waals surface area contributed by atoms with Gasteiger partial charge in [0.05, 0.1) is 107 Å². The molecule has 0 aliphatic carbocycles. The molecule has 0 aromatic carbocycles. The molecule has 6 heterocycles. The number of hydrogen-bond donors (Lipinski definition) is 6. The molecule has 0 spiro atoms. The molecule has 6 rings (SSSR count). The van der Waals surface area contributed by atoms with Crippen LogP contribution >= 0.6 is 56.5 Å². The average molecular weight is 2420 g/mol. The Hall–Kier alpha value is -7.66. The second-order valence-electron chi connectivity index (χ2n) is 25.7. The Morgan fingerprint density at radius 2 is 0.336 bits per heavy atom. The van der Waals surface area contributed by atoms with Crippen LogP contribution in [0.15, 0.2) is 110 Å². The van der Waals surface area contributed by atoms with Crippen molar-refractivity contribution in [2.75, 3.05) is 39.6 Å². The normalized spacial score (nSPS) is 9.55. The number of carbonyl (C=O) groups is 12. The van der Waals surface area contributed by atoms with Crippen LogP contribution in [0.3, 0.4) is 0 Å². The summed E-state index contributed by atoms with van der Waals surface area (Å²) in [6, 6.07) is 19.5. The molecule has 0 aliphatic rings. The van der Waals surface area contributed by atoms with E-state index in [2.05, 4.69) is 71.4 Å². The van der Waals surface area contributed by atoms with E-state index >= 15 is 0 Å². The molecule has 6 aromatic heterocycles. The van der Waals surface area contributed by atoms with Crippen molar-refractivity contribution < 1.29 is 166 Å². The van der Waals surface area contributed by atoms with Gasteiger partial charge >= 0.3 is 142 Å². The van der Waals surface area contributed by atoms with Gasteiger partial charge in [-0.15, -0.1) is 0 Å². The van der Waals surface area contributed by atoms with Gasteiger partial charge in [-0.3, -0.25) is 58.7 Å². The van der Waals surface area contributed by atoms with Crippen molar-refractivity contribution in [3.8, 4) is 34.2 Å². The zero-order valence-electron chi connectivity index (χ0n) is 73.0. The third-order valence-electron chi connectivity index (χ3n) is 14.6. The molecule has 0 saturated heterocycles. The van der Waals surface area contributed by atoms with E-state index in [1.165, 1.54) is 63.8 Å². The van der Waals surface area contributed by atoms with Crippen molar-refractivity contribution >= 4 is 128 Å². The molecule has 0 saturated carbocycles. The number of carboxylic acid groups (broad SMARTS) is 6. The number of pyridine rings is 6. The number of esters is 6. The van der Waals surface area contributed by atoms with Gasteiger partial charge in [-0.05, 0) is 111 Å². The fourth-order valence-electron chi connectivity index (χ4n) is 9.20. The van der Waals surface area contributed by atoms with Gasteiger partial charge < -0.3 is 59.1 Å². The van der Waals surface area contributed by atoms with E-state index < -0.39 is 85.3 Å². The maximum atomic E-state index is 12.4. The zero-order chi connectivity index (χ0) is 95.8. The number of carboxylic acids is 6. The second-order valence-corrected chi connectivity index (χ2v) is 35.6. The number of aliphatic carboxylic acids is 6. The molecule has 0 amide bonds. The molecule has 0 atom stereocenters. The summed E-state index contributed by atoms with van der Waals surface area (Å²) >= 11 is -1.42. The van der Waals surface area contributed by atoms with Crippen LogP contribution in [0.2, 0.25) is 0 Å². The summed E-state index contributed by atoms with van der Waals surface area (Å²) in [5, 5.41) is 44.5. The molecule has 0 aliphatic heterocycles. The number of rotatable bonds is 41. The minimum absolute atomic E-state index is 0.369. The Bertz CT molecular complexity index is 3560. The number of ether oxygens (including phenoxy) is 6. The number of aromatic nitrogens is 6. The molecule has 6 aromatic rings. The first kappa shape index (κ1) is 128. The average Bonchev–Trinajstić information content (AvgIpc) is 0.843. The predicted molar refractivity (Wildman–Crippen MR) is 473 cm³/mol. The number of hydrogen-bond acceptors (Lipinski definition) is 24. The van der Waals surface area contributed by atoms with Crippen LogP contribution < -0.4 is 0 Å². The van der Waals surface area contributed by atoms with Gasteiger partial charge in [0.15, 0.2) is 0 Å². The Morgan fingerprint density at radius 3 is 0.472 bits per heavy atom. The molecule has 714 valence electrons. The van der Waals surface area contributed by atoms with Crippen LogP contribution in [0, 0.1) is 0 Å². The van der Waals surface area contributed by atoms with Crippen molar-refractivity contribution in [3.63, 3.8) is 0 Å². The van der Waals surface area contributed by atoms with E-state index in [9.17, 15) is 28.8 Å². The molecular formula is C86H124Cl6N6O24Pt3. The summed E-state index contributed by atoms with van der Waals surface area (Å²) in [5.74, 6) is -7.26. The van der Waals surface area contributed by atoms with E-state index in [0.29, 0.717) is 107 Å². The van der Waals surface area contributed by atoms with Gasteiger partial charge in [0.2, 0.25) is 0 Å². The van der Waals surface area contributed by atoms with E-state index in [0.717, 1.165) is 157 Å². The summed E-state index contributed by atoms with van der Waals surface area (Å²) in [7, 11) is 29.2. The number of halogens is 6. The molecule has 0 radical (unpaired) electrons. The Balaban J connectivity index is -0.000000359. The molecule has 30 nitrogen and oxygen atoms in total. The molecular weight excluding hydrogens is 2300 g/mol. The quantitative estimate of drug-likeness (QED) is 0.0118. The van der Waals surface area contributed by atoms with Crippen LogP contribution in [0.25, 0.3) is 34.2 Å². The van der Waals surface area contributed by atoms with E-state index in [4.69, 9.17) is 144 Å². The van der Waals surface area contributed by atoms with Crippen LogP contribution in [-0.2, 0) is 107 Å². The molecule has 0 fully saturated rings. The summed E-state index contributed by atoms with van der Waals surface area (Å²) in [6.07, 6.45) is 37.2. The van der Waals surface area contributed by atoms with E-state index in [-0.39, 0.29) is 35.8 Å². The molecule has 39 heteroatoms. The van der Waals surface area contributed by atoms with Gasteiger partial charge in [0.1, 0.15) is 0 Å². The second kappa shape index (κ2) is 92.5. The zero-order valence-corrected chi connectivity index (χ0v) is 84.3. The van der Waals surface area contributed by atoms with Crippen molar-refractivity contribution in [1.29, 1.82) is 0 Å². The summed E-state index contributed by atoms with van der Waals surface area (Å²) in [6.45, 7) is 21.8. The number of nitrogens with zero attached hydrogens (tertiary/aromatic N) is 6. The molecule has 0 bridgehead atoms. The number of carbonyl (C=O) groups excluding carboxylic acids is 6. The SMILES string of the molecule is CC(=O)O.CC(=O)O.CC(=O)O.CC(=O)O.CC(=O)O.CC(=O)O.CCCCCCCCOC(=O)c1ccnc(-c2cc(C(=O)OCCCCCCCC)ccn2)c1.CCCCCCOC(=O)c1ccnc(-c2cc(C(=O)OCCCCCC)ccn2)c1.CCCCCOC(=O)c1ccnc(-c2cc(C(=O)OCCCCC)ccn2)c1.[Cl][Pt][Cl].[Cl][Pt][Cl].[Cl][Pt][Cl]. The first-order valence-corrected chi connectivity index (χ1v) is 56.9. The molecule has 0 unspecified atom stereocenters. The summed E-state index contributed by atoms with van der Waals surface area (Å²) in [4.78, 5) is 154. The van der Waals surface area contributed by atoms with Gasteiger partial charge in [-0.1, -0.05) is 170 Å². The molecule has 6 N–H and O–H groups in total. The minimum atomic E-state index is -0.833. The van der Waals surface area contributed by atoms with E-state index in [1.54, 1.807) is 97.6 Å².